The molecule has 1 aromatic heterocycles. The number of carbonyl (C=O) groups excluding carboxylic acids is 7. The smallest absolute Gasteiger partial charge is 0.251 e. The number of nitrogens with zero attached hydrogens (tertiary/aromatic N) is 2. The lowest BCUT2D eigenvalue weighted by atomic mass is 9.84. The average molecular weight is 930 g/mol. The van der Waals surface area contributed by atoms with Crippen molar-refractivity contribution >= 4 is 58.2 Å². The summed E-state index contributed by atoms with van der Waals surface area (Å²) in [6.07, 6.45) is 8.12. The van der Waals surface area contributed by atoms with Crippen molar-refractivity contribution < 1.29 is 33.6 Å². The average Bonchev–Trinajstić information content (AvgIpc) is 4.01. The first-order valence-electron chi connectivity index (χ1n) is 23.7. The molecule has 0 radical (unpaired) electrons. The summed E-state index contributed by atoms with van der Waals surface area (Å²) >= 11 is 0. The lowest BCUT2D eigenvalue weighted by molar-refractivity contribution is -0.143. The summed E-state index contributed by atoms with van der Waals surface area (Å²) in [5, 5.41) is 18.1. The number of carbonyl (C=O) groups is 7. The molecule has 2 saturated heterocycles. The fourth-order valence-corrected chi connectivity index (χ4v) is 9.49. The minimum atomic E-state index is -1.42. The number of rotatable bonds is 14. The number of guanidine groups is 1. The number of H-pyrrole nitrogens is 1. The molecule has 2 unspecified atom stereocenters. The van der Waals surface area contributed by atoms with Gasteiger partial charge in [0.25, 0.3) is 5.91 Å². The molecule has 0 bridgehead atoms. The number of aromatic nitrogens is 1. The summed E-state index contributed by atoms with van der Waals surface area (Å²) in [6, 6.07) is 18.0. The third kappa shape index (κ3) is 13.0. The van der Waals surface area contributed by atoms with Crippen LogP contribution in [0.25, 0.3) is 10.9 Å². The third-order valence-electron chi connectivity index (χ3n) is 13.1. The fraction of sp³-hybridized carbons (Fsp3) is 0.440. The minimum Gasteiger partial charge on any atom is -0.370 e. The lowest BCUT2D eigenvalue weighted by Crippen LogP contribution is -2.62. The van der Waals surface area contributed by atoms with Crippen molar-refractivity contribution in [3.05, 3.63) is 108 Å². The summed E-state index contributed by atoms with van der Waals surface area (Å²) in [5.74, 6) is -4.29. The van der Waals surface area contributed by atoms with E-state index in [2.05, 4.69) is 41.9 Å². The van der Waals surface area contributed by atoms with E-state index in [0.717, 1.165) is 54.1 Å². The van der Waals surface area contributed by atoms with Crippen LogP contribution in [0.3, 0.4) is 0 Å². The molecule has 3 heterocycles. The van der Waals surface area contributed by atoms with Gasteiger partial charge in [-0.1, -0.05) is 98.8 Å². The summed E-state index contributed by atoms with van der Waals surface area (Å²) in [5.41, 5.74) is 13.8. The van der Waals surface area contributed by atoms with Crippen molar-refractivity contribution in [2.24, 2.45) is 22.4 Å². The van der Waals surface area contributed by atoms with E-state index < -0.39 is 84.1 Å². The van der Waals surface area contributed by atoms with Gasteiger partial charge in [-0.25, -0.2) is 0 Å². The third-order valence-corrected chi connectivity index (χ3v) is 13.1. The number of benzene rings is 3. The molecule has 3 aliphatic rings. The van der Waals surface area contributed by atoms with Crippen molar-refractivity contribution in [2.75, 3.05) is 19.6 Å². The maximum absolute atomic E-state index is 14.8. The molecule has 3 aromatic carbocycles. The van der Waals surface area contributed by atoms with Crippen LogP contribution in [-0.4, -0.2) is 113 Å². The number of amides is 7. The predicted octanol–water partition coefficient (Wildman–Crippen LogP) is 1.84. The molecule has 18 heteroatoms. The Morgan fingerprint density at radius 1 is 0.750 bits per heavy atom. The molecule has 68 heavy (non-hydrogen) atoms. The van der Waals surface area contributed by atoms with Gasteiger partial charge in [0.1, 0.15) is 36.3 Å². The maximum Gasteiger partial charge on any atom is 0.251 e. The van der Waals surface area contributed by atoms with Crippen LogP contribution in [0.2, 0.25) is 0 Å². The van der Waals surface area contributed by atoms with Crippen LogP contribution in [0.15, 0.2) is 96.1 Å². The van der Waals surface area contributed by atoms with Gasteiger partial charge in [-0.3, -0.25) is 38.6 Å². The van der Waals surface area contributed by atoms with Crippen LogP contribution in [0, 0.1) is 5.92 Å². The first kappa shape index (κ1) is 48.7. The van der Waals surface area contributed by atoms with E-state index in [9.17, 15) is 33.6 Å². The molecular weight excluding hydrogens is 867 g/mol. The Labute approximate surface area is 395 Å². The van der Waals surface area contributed by atoms with Gasteiger partial charge in [0.05, 0.1) is 0 Å². The fourth-order valence-electron chi connectivity index (χ4n) is 9.49. The summed E-state index contributed by atoms with van der Waals surface area (Å²) in [4.78, 5) is 109. The normalized spacial score (nSPS) is 22.5. The molecule has 18 nitrogen and oxygen atoms in total. The molecule has 1 saturated carbocycles. The number of nitrogens with one attached hydrogen (secondary N) is 7. The van der Waals surface area contributed by atoms with E-state index >= 15 is 0 Å². The van der Waals surface area contributed by atoms with Crippen LogP contribution < -0.4 is 43.4 Å². The Hall–Kier alpha value is -7.24. The second-order valence-corrected chi connectivity index (χ2v) is 18.0. The van der Waals surface area contributed by atoms with Gasteiger partial charge in [0, 0.05) is 55.1 Å². The van der Waals surface area contributed by atoms with Crippen molar-refractivity contribution in [3.8, 4) is 0 Å². The molecular formula is C50H63N11O7. The zero-order chi connectivity index (χ0) is 48.0. The van der Waals surface area contributed by atoms with E-state index in [4.69, 9.17) is 11.5 Å². The van der Waals surface area contributed by atoms with Gasteiger partial charge < -0.3 is 53.3 Å². The number of para-hydroxylation sites is 1. The highest BCUT2D eigenvalue weighted by Crippen LogP contribution is 2.28. The quantitative estimate of drug-likeness (QED) is 0.0507. The molecule has 4 aromatic rings. The standard InChI is InChI=1S/C50H63N11O7/c51-50(52)53-24-12-22-37-44(63)55-30-41(60-46(65)38(26-31-14-4-1-5-15-31)57-43(62)33-18-8-3-9-19-33)49(68)61-25-13-23-42(61)48(67)59-39(27-32-16-6-2-7-17-32)45(64)58-40(47(66)56-37)28-34-29-54-36-21-11-10-20-35(34)36/h1,3-5,8-11,14-15,18-21,29,32,37-42,54H,2,6-7,12-13,16-17,22-28,30H2,(H,55,63)(H,56,66)(H,57,62)(H,58,64)(H,59,67)(H,60,65)(H4,51,52,53)/t37-,38-,39+,40-,41?,42?/m0/s1. The topological polar surface area (TPSA) is 275 Å². The van der Waals surface area contributed by atoms with Crippen molar-refractivity contribution in [3.63, 3.8) is 0 Å². The zero-order valence-electron chi connectivity index (χ0n) is 38.2. The Morgan fingerprint density at radius 3 is 2.18 bits per heavy atom. The number of aliphatic imine (C=N–C) groups is 1. The number of nitrogens with two attached hydrogens (primary N) is 2. The van der Waals surface area contributed by atoms with E-state index in [1.165, 1.54) is 4.90 Å². The highest BCUT2D eigenvalue weighted by atomic mass is 16.2. The van der Waals surface area contributed by atoms with Crippen LogP contribution >= 0.6 is 0 Å². The van der Waals surface area contributed by atoms with Crippen LogP contribution in [-0.2, 0) is 41.6 Å². The number of hydrogen-bond acceptors (Lipinski definition) is 8. The largest absolute Gasteiger partial charge is 0.370 e. The van der Waals surface area contributed by atoms with Gasteiger partial charge in [-0.2, -0.15) is 0 Å². The van der Waals surface area contributed by atoms with Crippen molar-refractivity contribution in [1.82, 2.24) is 41.8 Å². The second kappa shape index (κ2) is 23.5. The highest BCUT2D eigenvalue weighted by molar-refractivity contribution is 6.00. The summed E-state index contributed by atoms with van der Waals surface area (Å²) < 4.78 is 0. The van der Waals surface area contributed by atoms with Crippen LogP contribution in [0.1, 0.15) is 85.7 Å². The Kier molecular flexibility index (Phi) is 16.8. The Bertz CT molecular complexity index is 2430. The van der Waals surface area contributed by atoms with Crippen LogP contribution in [0.4, 0.5) is 0 Å². The molecule has 7 amide bonds. The first-order valence-corrected chi connectivity index (χ1v) is 23.7. The monoisotopic (exact) mass is 929 g/mol. The number of hydrogen-bond donors (Lipinski definition) is 9. The van der Waals surface area contributed by atoms with E-state index in [1.807, 2.05) is 54.6 Å². The number of fused-ring (bicyclic) bond motifs is 2. The highest BCUT2D eigenvalue weighted by Gasteiger charge is 2.41. The Morgan fingerprint density at radius 2 is 1.43 bits per heavy atom. The second-order valence-electron chi connectivity index (χ2n) is 18.0. The molecule has 1 aliphatic carbocycles. The number of aromatic amines is 1. The molecule has 6 atom stereocenters. The zero-order valence-corrected chi connectivity index (χ0v) is 38.2. The molecule has 3 fully saturated rings. The molecule has 7 rings (SSSR count). The maximum atomic E-state index is 14.8. The summed E-state index contributed by atoms with van der Waals surface area (Å²) in [6.45, 7) is -0.116. The summed E-state index contributed by atoms with van der Waals surface area (Å²) in [7, 11) is 0. The van der Waals surface area contributed by atoms with Gasteiger partial charge in [-0.05, 0) is 67.3 Å². The van der Waals surface area contributed by atoms with Crippen molar-refractivity contribution in [2.45, 2.75) is 113 Å². The molecule has 360 valence electrons. The van der Waals surface area contributed by atoms with E-state index in [0.29, 0.717) is 18.4 Å². The predicted molar refractivity (Wildman–Crippen MR) is 256 cm³/mol. The first-order chi connectivity index (χ1) is 32.9. The van der Waals surface area contributed by atoms with Gasteiger partial charge in [0.2, 0.25) is 35.4 Å². The van der Waals surface area contributed by atoms with Crippen molar-refractivity contribution in [1.29, 1.82) is 0 Å². The minimum absolute atomic E-state index is 0.0536. The van der Waals surface area contributed by atoms with Gasteiger partial charge >= 0.3 is 0 Å². The molecule has 11 N–H and O–H groups in total. The van der Waals surface area contributed by atoms with Gasteiger partial charge in [-0.15, -0.1) is 0 Å². The lowest BCUT2D eigenvalue weighted by Gasteiger charge is -2.33. The Balaban J connectivity index is 1.22. The SMILES string of the molecule is NC(N)=NCCC[C@@H]1NC(=O)[C@H](Cc2c[nH]c3ccccc23)NC(=O)[C@@H](CC2CCCCC2)NC(=O)C2CCCN2C(=O)C(NC(=O)[C@H](Cc2ccccc2)NC(=O)c2ccccc2)CNC1=O. The van der Waals surface area contributed by atoms with E-state index in [-0.39, 0.29) is 57.1 Å². The van der Waals surface area contributed by atoms with E-state index in [1.54, 1.807) is 36.5 Å². The van der Waals surface area contributed by atoms with Crippen LogP contribution in [0.5, 0.6) is 0 Å². The molecule has 2 aliphatic heterocycles. The van der Waals surface area contributed by atoms with Gasteiger partial charge in [0.15, 0.2) is 5.96 Å². The molecule has 0 spiro atoms.